The van der Waals surface area contributed by atoms with E-state index in [4.69, 9.17) is 5.26 Å². The van der Waals surface area contributed by atoms with Crippen LogP contribution in [-0.2, 0) is 6.54 Å². The van der Waals surface area contributed by atoms with Gasteiger partial charge in [-0.15, -0.1) is 6.58 Å². The van der Waals surface area contributed by atoms with E-state index < -0.39 is 5.82 Å². The van der Waals surface area contributed by atoms with Gasteiger partial charge >= 0.3 is 6.03 Å². The van der Waals surface area contributed by atoms with E-state index in [1.54, 1.807) is 6.08 Å². The number of nitriles is 1. The minimum absolute atomic E-state index is 0.0262. The fourth-order valence-corrected chi connectivity index (χ4v) is 1.70. The zero-order chi connectivity index (χ0) is 15.0. The molecule has 0 unspecified atom stereocenters. The molecule has 0 bridgehead atoms. The lowest BCUT2D eigenvalue weighted by atomic mass is 10.1. The molecule has 1 atom stereocenters. The molecule has 4 nitrogen and oxygen atoms in total. The zero-order valence-corrected chi connectivity index (χ0v) is 11.4. The molecule has 5 heteroatoms. The lowest BCUT2D eigenvalue weighted by Gasteiger charge is -2.15. The molecule has 0 fully saturated rings. The van der Waals surface area contributed by atoms with Crippen LogP contribution in [0.2, 0.25) is 0 Å². The Bertz CT molecular complexity index is 522. The molecule has 0 saturated carbocycles. The van der Waals surface area contributed by atoms with Gasteiger partial charge in [-0.25, -0.2) is 9.18 Å². The molecular formula is C15H18FN3O. The van der Waals surface area contributed by atoms with Gasteiger partial charge in [-0.3, -0.25) is 0 Å². The highest BCUT2D eigenvalue weighted by atomic mass is 19.1. The number of amides is 2. The van der Waals surface area contributed by atoms with Crippen molar-refractivity contribution in [3.63, 3.8) is 0 Å². The highest BCUT2D eigenvalue weighted by molar-refractivity contribution is 5.74. The number of hydrogen-bond donors (Lipinski definition) is 2. The van der Waals surface area contributed by atoms with Crippen LogP contribution >= 0.6 is 0 Å². The van der Waals surface area contributed by atoms with Crippen molar-refractivity contribution in [1.82, 2.24) is 10.6 Å². The number of benzene rings is 1. The topological polar surface area (TPSA) is 64.9 Å². The predicted octanol–water partition coefficient (Wildman–Crippen LogP) is 2.85. The van der Waals surface area contributed by atoms with E-state index in [0.717, 1.165) is 12.5 Å². The molecule has 0 heterocycles. The summed E-state index contributed by atoms with van der Waals surface area (Å²) in [6.07, 6.45) is 3.23. The first-order valence-corrected chi connectivity index (χ1v) is 6.44. The number of rotatable bonds is 6. The van der Waals surface area contributed by atoms with Crippen molar-refractivity contribution in [3.8, 4) is 6.07 Å². The van der Waals surface area contributed by atoms with Gasteiger partial charge in [0, 0.05) is 18.2 Å². The standard InChI is InChI=1S/C15H18FN3O/c1-3-5-13(4-2)19-15(20)18-10-12-7-6-11(9-17)8-14(12)16/h3,6-8,13H,1,4-5,10H2,2H3,(H2,18,19,20)/t13-/m1/s1. The molecule has 106 valence electrons. The molecule has 0 aliphatic heterocycles. The third kappa shape index (κ3) is 4.73. The summed E-state index contributed by atoms with van der Waals surface area (Å²) >= 11 is 0. The first-order chi connectivity index (χ1) is 9.60. The number of carbonyl (C=O) groups excluding carboxylic acids is 1. The van der Waals surface area contributed by atoms with Crippen molar-refractivity contribution < 1.29 is 9.18 Å². The van der Waals surface area contributed by atoms with Crippen LogP contribution in [0.5, 0.6) is 0 Å². The van der Waals surface area contributed by atoms with Gasteiger partial charge in [-0.2, -0.15) is 5.26 Å². The van der Waals surface area contributed by atoms with E-state index in [0.29, 0.717) is 12.0 Å². The summed E-state index contributed by atoms with van der Waals surface area (Å²) in [4.78, 5) is 11.7. The molecule has 0 radical (unpaired) electrons. The second kappa shape index (κ2) is 7.95. The second-order valence-corrected chi connectivity index (χ2v) is 4.37. The van der Waals surface area contributed by atoms with E-state index in [2.05, 4.69) is 17.2 Å². The van der Waals surface area contributed by atoms with Crippen LogP contribution in [0, 0.1) is 17.1 Å². The SMILES string of the molecule is C=CC[C@@H](CC)NC(=O)NCc1ccc(C#N)cc1F. The summed E-state index contributed by atoms with van der Waals surface area (Å²) in [6.45, 7) is 5.67. The Labute approximate surface area is 118 Å². The number of nitrogens with zero attached hydrogens (tertiary/aromatic N) is 1. The summed E-state index contributed by atoms with van der Waals surface area (Å²) in [5.74, 6) is -0.498. The molecule has 20 heavy (non-hydrogen) atoms. The molecule has 1 rings (SSSR count). The number of halogens is 1. The largest absolute Gasteiger partial charge is 0.335 e. The van der Waals surface area contributed by atoms with Crippen molar-refractivity contribution in [1.29, 1.82) is 5.26 Å². The maximum Gasteiger partial charge on any atom is 0.315 e. The van der Waals surface area contributed by atoms with Crippen molar-refractivity contribution in [3.05, 3.63) is 47.8 Å². The van der Waals surface area contributed by atoms with Crippen LogP contribution in [0.1, 0.15) is 30.9 Å². The van der Waals surface area contributed by atoms with Gasteiger partial charge < -0.3 is 10.6 Å². The first kappa shape index (κ1) is 15.7. The van der Waals surface area contributed by atoms with Gasteiger partial charge in [0.15, 0.2) is 0 Å². The Balaban J connectivity index is 2.52. The first-order valence-electron chi connectivity index (χ1n) is 6.44. The van der Waals surface area contributed by atoms with Crippen LogP contribution in [0.15, 0.2) is 30.9 Å². The second-order valence-electron chi connectivity index (χ2n) is 4.37. The Morgan fingerprint density at radius 1 is 1.60 bits per heavy atom. The molecule has 0 spiro atoms. The normalized spacial score (nSPS) is 11.2. The molecule has 2 amide bonds. The lowest BCUT2D eigenvalue weighted by molar-refractivity contribution is 0.236. The minimum atomic E-state index is -0.498. The predicted molar refractivity (Wildman–Crippen MR) is 75.4 cm³/mol. The van der Waals surface area contributed by atoms with Gasteiger partial charge in [-0.05, 0) is 25.0 Å². The number of urea groups is 1. The lowest BCUT2D eigenvalue weighted by Crippen LogP contribution is -2.41. The Morgan fingerprint density at radius 2 is 2.35 bits per heavy atom. The fraction of sp³-hybridized carbons (Fsp3) is 0.333. The monoisotopic (exact) mass is 275 g/mol. The zero-order valence-electron chi connectivity index (χ0n) is 11.4. The Morgan fingerprint density at radius 3 is 2.90 bits per heavy atom. The third-order valence-corrected chi connectivity index (χ3v) is 2.90. The summed E-state index contributed by atoms with van der Waals surface area (Å²) in [5, 5.41) is 14.0. The van der Waals surface area contributed by atoms with Crippen molar-refractivity contribution in [2.24, 2.45) is 0 Å². The van der Waals surface area contributed by atoms with Gasteiger partial charge in [0.1, 0.15) is 5.82 Å². The van der Waals surface area contributed by atoms with E-state index in [1.165, 1.54) is 12.1 Å². The van der Waals surface area contributed by atoms with Gasteiger partial charge in [-0.1, -0.05) is 19.1 Å². The summed E-state index contributed by atoms with van der Waals surface area (Å²) in [6, 6.07) is 5.71. The van der Waals surface area contributed by atoms with Crippen molar-refractivity contribution in [2.75, 3.05) is 0 Å². The number of nitrogens with one attached hydrogen (secondary N) is 2. The molecule has 0 saturated heterocycles. The number of carbonyl (C=O) groups is 1. The summed E-state index contributed by atoms with van der Waals surface area (Å²) in [7, 11) is 0. The highest BCUT2D eigenvalue weighted by Gasteiger charge is 2.09. The van der Waals surface area contributed by atoms with Crippen molar-refractivity contribution >= 4 is 6.03 Å². The summed E-state index contributed by atoms with van der Waals surface area (Å²) < 4.78 is 13.6. The molecule has 0 aromatic heterocycles. The fourth-order valence-electron chi connectivity index (χ4n) is 1.70. The maximum atomic E-state index is 13.6. The Hall–Kier alpha value is -2.35. The minimum Gasteiger partial charge on any atom is -0.335 e. The average molecular weight is 275 g/mol. The van der Waals surface area contributed by atoms with E-state index in [9.17, 15) is 9.18 Å². The molecule has 1 aromatic rings. The van der Waals surface area contributed by atoms with Crippen LogP contribution in [0.25, 0.3) is 0 Å². The van der Waals surface area contributed by atoms with E-state index in [-0.39, 0.29) is 24.2 Å². The number of hydrogen-bond acceptors (Lipinski definition) is 2. The van der Waals surface area contributed by atoms with Crippen LogP contribution in [0.4, 0.5) is 9.18 Å². The smallest absolute Gasteiger partial charge is 0.315 e. The highest BCUT2D eigenvalue weighted by Crippen LogP contribution is 2.09. The van der Waals surface area contributed by atoms with Gasteiger partial charge in [0.25, 0.3) is 0 Å². The summed E-state index contributed by atoms with van der Waals surface area (Å²) in [5.41, 5.74) is 0.601. The maximum absolute atomic E-state index is 13.6. The molecule has 0 aliphatic rings. The van der Waals surface area contributed by atoms with Gasteiger partial charge in [0.2, 0.25) is 0 Å². The van der Waals surface area contributed by atoms with Crippen LogP contribution in [0.3, 0.4) is 0 Å². The van der Waals surface area contributed by atoms with Crippen LogP contribution < -0.4 is 10.6 Å². The third-order valence-electron chi connectivity index (χ3n) is 2.90. The van der Waals surface area contributed by atoms with E-state index in [1.807, 2.05) is 13.0 Å². The Kier molecular flexibility index (Phi) is 6.24. The molecule has 0 aliphatic carbocycles. The average Bonchev–Trinajstić information content (AvgIpc) is 2.45. The quantitative estimate of drug-likeness (QED) is 0.784. The molecule has 1 aromatic carbocycles. The van der Waals surface area contributed by atoms with Crippen molar-refractivity contribution in [2.45, 2.75) is 32.4 Å². The molecular weight excluding hydrogens is 257 g/mol. The van der Waals surface area contributed by atoms with E-state index >= 15 is 0 Å². The van der Waals surface area contributed by atoms with Gasteiger partial charge in [0.05, 0.1) is 11.6 Å². The molecule has 2 N–H and O–H groups in total. The van der Waals surface area contributed by atoms with Crippen LogP contribution in [-0.4, -0.2) is 12.1 Å².